The summed E-state index contributed by atoms with van der Waals surface area (Å²) in [6.07, 6.45) is 4.52. The zero-order chi connectivity index (χ0) is 15.2. The lowest BCUT2D eigenvalue weighted by Gasteiger charge is -2.12. The number of hydrogen-bond acceptors (Lipinski definition) is 2. The standard InChI is InChI=1S/C18H24N2O/c1-4-17(5-2)20-12-11-16(19-20)13-18(21)14(3)15-9-7-6-8-10-15/h6-12,14,17H,4-5,13H2,1-3H3. The lowest BCUT2D eigenvalue weighted by molar-refractivity contribution is -0.119. The number of Topliss-reactive ketones (excluding diaryl/α,β-unsaturated/α-hetero) is 1. The van der Waals surface area contributed by atoms with Crippen LogP contribution >= 0.6 is 0 Å². The number of benzene rings is 1. The Kier molecular flexibility index (Phi) is 5.32. The molecule has 0 fully saturated rings. The van der Waals surface area contributed by atoms with Gasteiger partial charge < -0.3 is 0 Å². The number of nitrogens with zero attached hydrogens (tertiary/aromatic N) is 2. The Morgan fingerprint density at radius 2 is 1.81 bits per heavy atom. The topological polar surface area (TPSA) is 34.9 Å². The average molecular weight is 284 g/mol. The maximum Gasteiger partial charge on any atom is 0.146 e. The smallest absolute Gasteiger partial charge is 0.146 e. The highest BCUT2D eigenvalue weighted by Gasteiger charge is 2.17. The van der Waals surface area contributed by atoms with Crippen molar-refractivity contribution in [1.29, 1.82) is 0 Å². The quantitative estimate of drug-likeness (QED) is 0.765. The van der Waals surface area contributed by atoms with E-state index >= 15 is 0 Å². The van der Waals surface area contributed by atoms with Crippen LogP contribution in [0.2, 0.25) is 0 Å². The van der Waals surface area contributed by atoms with Crippen molar-refractivity contribution in [2.75, 3.05) is 0 Å². The predicted molar refractivity (Wildman–Crippen MR) is 85.4 cm³/mol. The minimum atomic E-state index is -0.0792. The Balaban J connectivity index is 2.03. The second kappa shape index (κ2) is 7.21. The summed E-state index contributed by atoms with van der Waals surface area (Å²) in [6.45, 7) is 6.30. The second-order valence-corrected chi connectivity index (χ2v) is 5.53. The Morgan fingerprint density at radius 3 is 2.43 bits per heavy atom. The van der Waals surface area contributed by atoms with Crippen LogP contribution in [-0.4, -0.2) is 15.6 Å². The molecule has 0 radical (unpaired) electrons. The molecule has 1 aromatic heterocycles. The van der Waals surface area contributed by atoms with Gasteiger partial charge in [-0.15, -0.1) is 0 Å². The van der Waals surface area contributed by atoms with Crippen molar-refractivity contribution >= 4 is 5.78 Å². The molecule has 0 bridgehead atoms. The summed E-state index contributed by atoms with van der Waals surface area (Å²) in [5.74, 6) is 0.139. The van der Waals surface area contributed by atoms with E-state index in [-0.39, 0.29) is 11.7 Å². The lowest BCUT2D eigenvalue weighted by atomic mass is 9.94. The van der Waals surface area contributed by atoms with Gasteiger partial charge in [-0.05, 0) is 24.5 Å². The van der Waals surface area contributed by atoms with E-state index in [1.807, 2.05) is 54.2 Å². The van der Waals surface area contributed by atoms with Crippen molar-refractivity contribution in [2.24, 2.45) is 0 Å². The van der Waals surface area contributed by atoms with Crippen LogP contribution in [0.4, 0.5) is 0 Å². The van der Waals surface area contributed by atoms with Crippen molar-refractivity contribution < 1.29 is 4.79 Å². The number of ketones is 1. The van der Waals surface area contributed by atoms with Crippen LogP contribution in [-0.2, 0) is 11.2 Å². The van der Waals surface area contributed by atoms with E-state index in [1.54, 1.807) is 0 Å². The van der Waals surface area contributed by atoms with Gasteiger partial charge >= 0.3 is 0 Å². The summed E-state index contributed by atoms with van der Waals surface area (Å²) in [4.78, 5) is 12.4. The number of carbonyl (C=O) groups excluding carboxylic acids is 1. The molecule has 1 unspecified atom stereocenters. The molecule has 2 aromatic rings. The molecule has 0 amide bonds. The van der Waals surface area contributed by atoms with E-state index in [2.05, 4.69) is 18.9 Å². The first-order chi connectivity index (χ1) is 10.2. The maximum absolute atomic E-state index is 12.4. The molecule has 0 saturated heterocycles. The molecule has 2 rings (SSSR count). The molecule has 0 aliphatic carbocycles. The van der Waals surface area contributed by atoms with Crippen molar-refractivity contribution in [3.63, 3.8) is 0 Å². The van der Waals surface area contributed by atoms with Gasteiger partial charge in [0.2, 0.25) is 0 Å². The van der Waals surface area contributed by atoms with Crippen LogP contribution < -0.4 is 0 Å². The maximum atomic E-state index is 12.4. The van der Waals surface area contributed by atoms with Crippen LogP contribution in [0, 0.1) is 0 Å². The predicted octanol–water partition coefficient (Wildman–Crippen LogP) is 4.16. The first-order valence-corrected chi connectivity index (χ1v) is 7.77. The first-order valence-electron chi connectivity index (χ1n) is 7.77. The SMILES string of the molecule is CCC(CC)n1ccc(CC(=O)C(C)c2ccccc2)n1. The third-order valence-corrected chi connectivity index (χ3v) is 4.12. The van der Waals surface area contributed by atoms with E-state index in [9.17, 15) is 4.79 Å². The zero-order valence-electron chi connectivity index (χ0n) is 13.1. The van der Waals surface area contributed by atoms with Crippen molar-refractivity contribution in [2.45, 2.75) is 52.0 Å². The molecule has 0 spiro atoms. The number of carbonyl (C=O) groups is 1. The third kappa shape index (κ3) is 3.81. The molecule has 3 nitrogen and oxygen atoms in total. The van der Waals surface area contributed by atoms with Crippen molar-refractivity contribution in [3.8, 4) is 0 Å². The van der Waals surface area contributed by atoms with Gasteiger partial charge in [0.15, 0.2) is 0 Å². The fourth-order valence-corrected chi connectivity index (χ4v) is 2.60. The van der Waals surface area contributed by atoms with Gasteiger partial charge in [0.05, 0.1) is 18.2 Å². The summed E-state index contributed by atoms with van der Waals surface area (Å²) < 4.78 is 2.00. The van der Waals surface area contributed by atoms with Crippen molar-refractivity contribution in [3.05, 3.63) is 53.9 Å². The van der Waals surface area contributed by atoms with Crippen LogP contribution in [0.1, 0.15) is 56.8 Å². The summed E-state index contributed by atoms with van der Waals surface area (Å²) >= 11 is 0. The van der Waals surface area contributed by atoms with Gasteiger partial charge in [-0.1, -0.05) is 51.1 Å². The fourth-order valence-electron chi connectivity index (χ4n) is 2.60. The summed E-state index contributed by atoms with van der Waals surface area (Å²) in [5, 5.41) is 4.56. The minimum absolute atomic E-state index is 0.0792. The molecule has 1 aromatic carbocycles. The van der Waals surface area contributed by atoms with Gasteiger partial charge in [-0.2, -0.15) is 5.10 Å². The van der Waals surface area contributed by atoms with E-state index < -0.39 is 0 Å². The summed E-state index contributed by atoms with van der Waals surface area (Å²) in [7, 11) is 0. The largest absolute Gasteiger partial charge is 0.299 e. The first kappa shape index (κ1) is 15.5. The van der Waals surface area contributed by atoms with E-state index in [0.717, 1.165) is 24.1 Å². The fraction of sp³-hybridized carbons (Fsp3) is 0.444. The Hall–Kier alpha value is -1.90. The molecular weight excluding hydrogens is 260 g/mol. The van der Waals surface area contributed by atoms with E-state index in [4.69, 9.17) is 0 Å². The lowest BCUT2D eigenvalue weighted by Crippen LogP contribution is -2.13. The molecular formula is C18H24N2O. The van der Waals surface area contributed by atoms with E-state index in [1.165, 1.54) is 0 Å². The van der Waals surface area contributed by atoms with Gasteiger partial charge in [-0.3, -0.25) is 9.48 Å². The van der Waals surface area contributed by atoms with Crippen LogP contribution in [0.3, 0.4) is 0 Å². The molecule has 3 heteroatoms. The third-order valence-electron chi connectivity index (χ3n) is 4.12. The highest BCUT2D eigenvalue weighted by atomic mass is 16.1. The van der Waals surface area contributed by atoms with Gasteiger partial charge in [0, 0.05) is 12.1 Å². The molecule has 1 atom stereocenters. The van der Waals surface area contributed by atoms with Gasteiger partial charge in [0.1, 0.15) is 5.78 Å². The molecule has 1 heterocycles. The molecule has 0 aliphatic heterocycles. The Bertz CT molecular complexity index is 570. The van der Waals surface area contributed by atoms with Crippen LogP contribution in [0.15, 0.2) is 42.6 Å². The van der Waals surface area contributed by atoms with E-state index in [0.29, 0.717) is 12.5 Å². The van der Waals surface area contributed by atoms with Crippen LogP contribution in [0.25, 0.3) is 0 Å². The molecule has 112 valence electrons. The normalized spacial score (nSPS) is 12.6. The second-order valence-electron chi connectivity index (χ2n) is 5.53. The van der Waals surface area contributed by atoms with Gasteiger partial charge in [-0.25, -0.2) is 0 Å². The molecule has 0 N–H and O–H groups in total. The van der Waals surface area contributed by atoms with Crippen LogP contribution in [0.5, 0.6) is 0 Å². The summed E-state index contributed by atoms with van der Waals surface area (Å²) in [6, 6.07) is 12.3. The monoisotopic (exact) mass is 284 g/mol. The van der Waals surface area contributed by atoms with Crippen molar-refractivity contribution in [1.82, 2.24) is 9.78 Å². The number of aromatic nitrogens is 2. The molecule has 0 aliphatic rings. The Labute approximate surface area is 127 Å². The number of rotatable bonds is 7. The average Bonchev–Trinajstić information content (AvgIpc) is 2.97. The highest BCUT2D eigenvalue weighted by molar-refractivity contribution is 5.86. The molecule has 21 heavy (non-hydrogen) atoms. The minimum Gasteiger partial charge on any atom is -0.299 e. The van der Waals surface area contributed by atoms with Gasteiger partial charge in [0.25, 0.3) is 0 Å². The summed E-state index contributed by atoms with van der Waals surface area (Å²) in [5.41, 5.74) is 1.94. The molecule has 0 saturated carbocycles. The number of hydrogen-bond donors (Lipinski definition) is 0. The Morgan fingerprint density at radius 1 is 1.14 bits per heavy atom. The highest BCUT2D eigenvalue weighted by Crippen LogP contribution is 2.19. The zero-order valence-corrected chi connectivity index (χ0v) is 13.1.